The van der Waals surface area contributed by atoms with Crippen LogP contribution >= 0.6 is 0 Å². The Labute approximate surface area is 141 Å². The normalized spacial score (nSPS) is 14.8. The zero-order chi connectivity index (χ0) is 17.1. The number of fused-ring (bicyclic) bond motifs is 1. The summed E-state index contributed by atoms with van der Waals surface area (Å²) in [6, 6.07) is 9.73. The van der Waals surface area contributed by atoms with Gasteiger partial charge in [0.2, 0.25) is 11.9 Å². The average Bonchev–Trinajstić information content (AvgIpc) is 3.04. The monoisotopic (exact) mass is 327 g/mol. The molecule has 2 heterocycles. The molecule has 6 heteroatoms. The highest BCUT2D eigenvalue weighted by molar-refractivity contribution is 5.96. The standard InChI is InChI=1S/C18H21N3O3/c1-13(14-7-4-3-5-8-14)17(23)21-10-6-9-20-15(11-16(22)24-2)12-19-18(20)21/h3-5,7-8,12-13H,6,9-11H2,1-2H3/t13-/m1/s1. The van der Waals surface area contributed by atoms with Crippen LogP contribution in [0.5, 0.6) is 0 Å². The number of esters is 1. The first kappa shape index (κ1) is 16.2. The van der Waals surface area contributed by atoms with E-state index >= 15 is 0 Å². The van der Waals surface area contributed by atoms with Crippen LogP contribution in [-0.2, 0) is 27.3 Å². The molecular formula is C18H21N3O3. The van der Waals surface area contributed by atoms with Gasteiger partial charge in [-0.3, -0.25) is 14.5 Å². The van der Waals surface area contributed by atoms with Crippen LogP contribution in [0, 0.1) is 0 Å². The number of aromatic nitrogens is 2. The number of anilines is 1. The fourth-order valence-electron chi connectivity index (χ4n) is 3.03. The largest absolute Gasteiger partial charge is 0.469 e. The van der Waals surface area contributed by atoms with Crippen molar-refractivity contribution in [3.63, 3.8) is 0 Å². The number of ether oxygens (including phenoxy) is 1. The molecule has 0 fully saturated rings. The van der Waals surface area contributed by atoms with Gasteiger partial charge in [0.05, 0.1) is 31.3 Å². The summed E-state index contributed by atoms with van der Waals surface area (Å²) >= 11 is 0. The molecule has 0 N–H and O–H groups in total. The second-order valence-electron chi connectivity index (χ2n) is 5.93. The van der Waals surface area contributed by atoms with Crippen molar-refractivity contribution in [2.75, 3.05) is 18.6 Å². The molecule has 0 radical (unpaired) electrons. The predicted octanol–water partition coefficient (Wildman–Crippen LogP) is 2.14. The summed E-state index contributed by atoms with van der Waals surface area (Å²) in [5, 5.41) is 0. The third-order valence-electron chi connectivity index (χ3n) is 4.41. The van der Waals surface area contributed by atoms with Gasteiger partial charge in [0.25, 0.3) is 0 Å². The molecule has 1 amide bonds. The Hall–Kier alpha value is -2.63. The Morgan fingerprint density at radius 2 is 2.00 bits per heavy atom. The molecule has 0 bridgehead atoms. The van der Waals surface area contributed by atoms with E-state index in [2.05, 4.69) is 4.98 Å². The molecule has 1 aliphatic heterocycles. The maximum atomic E-state index is 12.9. The molecule has 1 aromatic heterocycles. The van der Waals surface area contributed by atoms with E-state index in [4.69, 9.17) is 4.74 Å². The maximum Gasteiger partial charge on any atom is 0.311 e. The number of hydrogen-bond donors (Lipinski definition) is 0. The lowest BCUT2D eigenvalue weighted by atomic mass is 9.99. The molecule has 0 saturated carbocycles. The molecule has 0 spiro atoms. The van der Waals surface area contributed by atoms with E-state index in [1.165, 1.54) is 7.11 Å². The Balaban J connectivity index is 1.84. The molecule has 0 aliphatic carbocycles. The lowest BCUT2D eigenvalue weighted by molar-refractivity contribution is -0.139. The number of methoxy groups -OCH3 is 1. The van der Waals surface area contributed by atoms with Crippen molar-refractivity contribution < 1.29 is 14.3 Å². The minimum absolute atomic E-state index is 0.0253. The van der Waals surface area contributed by atoms with Crippen LogP contribution in [-0.4, -0.2) is 35.1 Å². The van der Waals surface area contributed by atoms with Crippen molar-refractivity contribution in [3.8, 4) is 0 Å². The van der Waals surface area contributed by atoms with E-state index in [1.807, 2.05) is 41.8 Å². The van der Waals surface area contributed by atoms with Crippen molar-refractivity contribution >= 4 is 17.8 Å². The van der Waals surface area contributed by atoms with Crippen LogP contribution in [0.25, 0.3) is 0 Å². The summed E-state index contributed by atoms with van der Waals surface area (Å²) in [5.74, 6) is 0.0996. The minimum atomic E-state index is -0.307. The van der Waals surface area contributed by atoms with E-state index in [-0.39, 0.29) is 24.2 Å². The molecule has 6 nitrogen and oxygen atoms in total. The zero-order valence-electron chi connectivity index (χ0n) is 13.9. The number of hydrogen-bond acceptors (Lipinski definition) is 4. The van der Waals surface area contributed by atoms with E-state index in [9.17, 15) is 9.59 Å². The molecule has 1 aromatic carbocycles. The van der Waals surface area contributed by atoms with Gasteiger partial charge >= 0.3 is 5.97 Å². The van der Waals surface area contributed by atoms with Crippen LogP contribution in [0.4, 0.5) is 5.95 Å². The topological polar surface area (TPSA) is 64.4 Å². The summed E-state index contributed by atoms with van der Waals surface area (Å²) in [6.45, 7) is 3.31. The number of amides is 1. The van der Waals surface area contributed by atoms with Crippen molar-refractivity contribution in [2.24, 2.45) is 0 Å². The van der Waals surface area contributed by atoms with Gasteiger partial charge in [0, 0.05) is 13.1 Å². The summed E-state index contributed by atoms with van der Waals surface area (Å²) in [5.41, 5.74) is 1.77. The Kier molecular flexibility index (Phi) is 4.64. The number of nitrogens with zero attached hydrogens (tertiary/aromatic N) is 3. The van der Waals surface area contributed by atoms with Crippen molar-refractivity contribution in [2.45, 2.75) is 32.2 Å². The van der Waals surface area contributed by atoms with E-state index in [0.29, 0.717) is 12.5 Å². The molecule has 2 aromatic rings. The predicted molar refractivity (Wildman–Crippen MR) is 89.8 cm³/mol. The molecule has 126 valence electrons. The number of carbonyl (C=O) groups is 2. The number of benzene rings is 1. The molecule has 24 heavy (non-hydrogen) atoms. The summed E-state index contributed by atoms with van der Waals surface area (Å²) in [7, 11) is 1.37. The van der Waals surface area contributed by atoms with Crippen LogP contribution in [0.2, 0.25) is 0 Å². The Morgan fingerprint density at radius 1 is 1.25 bits per heavy atom. The minimum Gasteiger partial charge on any atom is -0.469 e. The highest BCUT2D eigenvalue weighted by Crippen LogP contribution is 2.26. The van der Waals surface area contributed by atoms with Crippen molar-refractivity contribution in [1.29, 1.82) is 0 Å². The van der Waals surface area contributed by atoms with Gasteiger partial charge in [-0.2, -0.15) is 0 Å². The molecule has 1 atom stereocenters. The van der Waals surface area contributed by atoms with Crippen LogP contribution in [0.1, 0.15) is 30.5 Å². The summed E-state index contributed by atoms with van der Waals surface area (Å²) in [4.78, 5) is 30.6. The first-order chi connectivity index (χ1) is 11.6. The van der Waals surface area contributed by atoms with Gasteiger partial charge in [-0.25, -0.2) is 4.98 Å². The molecule has 0 saturated heterocycles. The van der Waals surface area contributed by atoms with E-state index < -0.39 is 0 Å². The Morgan fingerprint density at radius 3 is 2.71 bits per heavy atom. The quantitative estimate of drug-likeness (QED) is 0.807. The molecule has 1 aliphatic rings. The average molecular weight is 327 g/mol. The van der Waals surface area contributed by atoms with E-state index in [0.717, 1.165) is 24.2 Å². The summed E-state index contributed by atoms with van der Waals surface area (Å²) < 4.78 is 6.66. The first-order valence-corrected chi connectivity index (χ1v) is 8.09. The highest BCUT2D eigenvalue weighted by Gasteiger charge is 2.30. The van der Waals surface area contributed by atoms with E-state index in [1.54, 1.807) is 11.1 Å². The third-order valence-corrected chi connectivity index (χ3v) is 4.41. The number of rotatable bonds is 4. The van der Waals surface area contributed by atoms with Gasteiger partial charge in [-0.15, -0.1) is 0 Å². The van der Waals surface area contributed by atoms with Gasteiger partial charge in [-0.1, -0.05) is 30.3 Å². The van der Waals surface area contributed by atoms with Crippen LogP contribution < -0.4 is 4.90 Å². The lowest BCUT2D eigenvalue weighted by Gasteiger charge is -2.30. The first-order valence-electron chi connectivity index (χ1n) is 8.09. The van der Waals surface area contributed by atoms with Gasteiger partial charge in [0.1, 0.15) is 0 Å². The molecule has 0 unspecified atom stereocenters. The van der Waals surface area contributed by atoms with Crippen LogP contribution in [0.15, 0.2) is 36.5 Å². The summed E-state index contributed by atoms with van der Waals surface area (Å²) in [6.07, 6.45) is 2.66. The van der Waals surface area contributed by atoms with Crippen molar-refractivity contribution in [3.05, 3.63) is 47.8 Å². The van der Waals surface area contributed by atoms with Gasteiger partial charge in [-0.05, 0) is 18.9 Å². The molecular weight excluding hydrogens is 306 g/mol. The molecule has 3 rings (SSSR count). The second-order valence-corrected chi connectivity index (χ2v) is 5.93. The zero-order valence-corrected chi connectivity index (χ0v) is 13.9. The number of imidazole rings is 1. The Bertz CT molecular complexity index is 739. The fraction of sp³-hybridized carbons (Fsp3) is 0.389. The maximum absolute atomic E-state index is 12.9. The third kappa shape index (κ3) is 3.04. The smallest absolute Gasteiger partial charge is 0.311 e. The highest BCUT2D eigenvalue weighted by atomic mass is 16.5. The van der Waals surface area contributed by atoms with Crippen LogP contribution in [0.3, 0.4) is 0 Å². The fourth-order valence-corrected chi connectivity index (χ4v) is 3.03. The SMILES string of the molecule is COC(=O)Cc1cnc2n1CCCN2C(=O)[C@H](C)c1ccccc1. The van der Waals surface area contributed by atoms with Crippen molar-refractivity contribution in [1.82, 2.24) is 9.55 Å². The second kappa shape index (κ2) is 6.86. The number of carbonyl (C=O) groups excluding carboxylic acids is 2. The lowest BCUT2D eigenvalue weighted by Crippen LogP contribution is -2.40. The van der Waals surface area contributed by atoms with Gasteiger partial charge < -0.3 is 9.30 Å². The van der Waals surface area contributed by atoms with Gasteiger partial charge in [0.15, 0.2) is 0 Å².